The van der Waals surface area contributed by atoms with Crippen LogP contribution in [0.2, 0.25) is 0 Å². The van der Waals surface area contributed by atoms with E-state index in [1.54, 1.807) is 6.07 Å². The molecule has 0 aliphatic rings. The van der Waals surface area contributed by atoms with Gasteiger partial charge in [-0.05, 0) is 52.5 Å². The molecule has 0 atom stereocenters. The molecule has 2 N–H and O–H groups in total. The summed E-state index contributed by atoms with van der Waals surface area (Å²) in [6, 6.07) is 5.46. The first-order chi connectivity index (χ1) is 8.50. The quantitative estimate of drug-likeness (QED) is 0.730. The van der Waals surface area contributed by atoms with E-state index in [0.29, 0.717) is 11.3 Å². The molecule has 0 bridgehead atoms. The molecule has 0 saturated carbocycles. The van der Waals surface area contributed by atoms with Crippen LogP contribution in [0.5, 0.6) is 0 Å². The number of carboxylic acid groups (broad SMARTS) is 1. The molecule has 0 unspecified atom stereocenters. The molecule has 0 aromatic heterocycles. The number of hydrogen-bond donors (Lipinski definition) is 2. The van der Waals surface area contributed by atoms with Crippen LogP contribution < -0.4 is 5.32 Å². The lowest BCUT2D eigenvalue weighted by Gasteiger charge is -2.12. The molecular formula is C14H22N2O2. The highest BCUT2D eigenvalue weighted by atomic mass is 16.4. The summed E-state index contributed by atoms with van der Waals surface area (Å²) < 4.78 is 0. The highest BCUT2D eigenvalue weighted by Crippen LogP contribution is 2.17. The van der Waals surface area contributed by atoms with Crippen molar-refractivity contribution < 1.29 is 9.90 Å². The van der Waals surface area contributed by atoms with Gasteiger partial charge >= 0.3 is 5.97 Å². The standard InChI is InChI=1S/C14H22N2O2/c1-11-6-7-13(12(10-11)14(17)18)15-8-4-5-9-16(2)3/h6-7,10,15H,4-5,8-9H2,1-3H3,(H,17,18). The van der Waals surface area contributed by atoms with Crippen LogP contribution in [0, 0.1) is 6.92 Å². The first-order valence-corrected chi connectivity index (χ1v) is 6.23. The molecule has 0 heterocycles. The Hall–Kier alpha value is -1.55. The summed E-state index contributed by atoms with van der Waals surface area (Å²) in [4.78, 5) is 13.3. The predicted molar refractivity (Wildman–Crippen MR) is 74.4 cm³/mol. The van der Waals surface area contributed by atoms with Gasteiger partial charge in [0.1, 0.15) is 0 Å². The Bertz CT molecular complexity index is 403. The van der Waals surface area contributed by atoms with Crippen LogP contribution in [-0.2, 0) is 0 Å². The van der Waals surface area contributed by atoms with Gasteiger partial charge in [-0.15, -0.1) is 0 Å². The molecule has 100 valence electrons. The molecule has 0 radical (unpaired) electrons. The van der Waals surface area contributed by atoms with Crippen molar-refractivity contribution in [1.29, 1.82) is 0 Å². The van der Waals surface area contributed by atoms with Crippen molar-refractivity contribution in [3.63, 3.8) is 0 Å². The average Bonchev–Trinajstić information content (AvgIpc) is 2.29. The fourth-order valence-electron chi connectivity index (χ4n) is 1.77. The fraction of sp³-hybridized carbons (Fsp3) is 0.500. The third kappa shape index (κ3) is 4.75. The number of anilines is 1. The molecule has 4 heteroatoms. The minimum absolute atomic E-state index is 0.350. The van der Waals surface area contributed by atoms with E-state index in [2.05, 4.69) is 24.3 Å². The number of aromatic carboxylic acids is 1. The number of unbranched alkanes of at least 4 members (excludes halogenated alkanes) is 1. The molecule has 1 aromatic rings. The van der Waals surface area contributed by atoms with Crippen LogP contribution in [0.25, 0.3) is 0 Å². The Morgan fingerprint density at radius 2 is 2.06 bits per heavy atom. The van der Waals surface area contributed by atoms with Gasteiger partial charge in [-0.2, -0.15) is 0 Å². The second-order valence-electron chi connectivity index (χ2n) is 4.79. The van der Waals surface area contributed by atoms with Gasteiger partial charge in [0.2, 0.25) is 0 Å². The van der Waals surface area contributed by atoms with Crippen molar-refractivity contribution in [2.24, 2.45) is 0 Å². The molecular weight excluding hydrogens is 228 g/mol. The Kier molecular flexibility index (Phi) is 5.65. The second kappa shape index (κ2) is 7.01. The number of aryl methyl sites for hydroxylation is 1. The fourth-order valence-corrected chi connectivity index (χ4v) is 1.77. The average molecular weight is 250 g/mol. The molecule has 0 saturated heterocycles. The number of benzene rings is 1. The molecule has 0 aliphatic heterocycles. The molecule has 4 nitrogen and oxygen atoms in total. The van der Waals surface area contributed by atoms with Gasteiger partial charge < -0.3 is 15.3 Å². The summed E-state index contributed by atoms with van der Waals surface area (Å²) in [7, 11) is 4.10. The third-order valence-corrected chi connectivity index (χ3v) is 2.75. The Labute approximate surface area is 109 Å². The molecule has 18 heavy (non-hydrogen) atoms. The summed E-state index contributed by atoms with van der Waals surface area (Å²) in [5.41, 5.74) is 2.02. The maximum Gasteiger partial charge on any atom is 0.337 e. The highest BCUT2D eigenvalue weighted by molar-refractivity contribution is 5.94. The van der Waals surface area contributed by atoms with Gasteiger partial charge in [-0.1, -0.05) is 11.6 Å². The van der Waals surface area contributed by atoms with Crippen molar-refractivity contribution in [2.75, 3.05) is 32.5 Å². The van der Waals surface area contributed by atoms with Gasteiger partial charge in [-0.3, -0.25) is 0 Å². The third-order valence-electron chi connectivity index (χ3n) is 2.75. The lowest BCUT2D eigenvalue weighted by Crippen LogP contribution is -2.14. The van der Waals surface area contributed by atoms with Gasteiger partial charge in [-0.25, -0.2) is 4.79 Å². The molecule has 0 spiro atoms. The van der Waals surface area contributed by atoms with E-state index >= 15 is 0 Å². The van der Waals surface area contributed by atoms with Gasteiger partial charge in [0.25, 0.3) is 0 Å². The maximum absolute atomic E-state index is 11.1. The Morgan fingerprint density at radius 1 is 1.33 bits per heavy atom. The van der Waals surface area contributed by atoms with Crippen LogP contribution in [0.4, 0.5) is 5.69 Å². The first kappa shape index (κ1) is 14.5. The van der Waals surface area contributed by atoms with Crippen LogP contribution >= 0.6 is 0 Å². The van der Waals surface area contributed by atoms with E-state index in [9.17, 15) is 4.79 Å². The van der Waals surface area contributed by atoms with E-state index in [-0.39, 0.29) is 0 Å². The van der Waals surface area contributed by atoms with Crippen LogP contribution in [0.3, 0.4) is 0 Å². The smallest absolute Gasteiger partial charge is 0.337 e. The number of nitrogens with zero attached hydrogens (tertiary/aromatic N) is 1. The minimum Gasteiger partial charge on any atom is -0.478 e. The van der Waals surface area contributed by atoms with Crippen molar-refractivity contribution in [3.05, 3.63) is 29.3 Å². The van der Waals surface area contributed by atoms with Crippen LogP contribution in [0.15, 0.2) is 18.2 Å². The van der Waals surface area contributed by atoms with Crippen molar-refractivity contribution >= 4 is 11.7 Å². The zero-order chi connectivity index (χ0) is 13.5. The van der Waals surface area contributed by atoms with E-state index in [1.165, 1.54) is 0 Å². The molecule has 0 fully saturated rings. The Morgan fingerprint density at radius 3 is 2.67 bits per heavy atom. The molecule has 0 aliphatic carbocycles. The highest BCUT2D eigenvalue weighted by Gasteiger charge is 2.09. The van der Waals surface area contributed by atoms with Crippen LogP contribution in [0.1, 0.15) is 28.8 Å². The first-order valence-electron chi connectivity index (χ1n) is 6.23. The summed E-state index contributed by atoms with van der Waals surface area (Å²) in [5.74, 6) is -0.880. The number of hydrogen-bond acceptors (Lipinski definition) is 3. The largest absolute Gasteiger partial charge is 0.478 e. The lowest BCUT2D eigenvalue weighted by atomic mass is 10.1. The van der Waals surface area contributed by atoms with Crippen molar-refractivity contribution in [2.45, 2.75) is 19.8 Å². The lowest BCUT2D eigenvalue weighted by molar-refractivity contribution is 0.0698. The maximum atomic E-state index is 11.1. The zero-order valence-electron chi connectivity index (χ0n) is 11.4. The SMILES string of the molecule is Cc1ccc(NCCCCN(C)C)c(C(=O)O)c1. The number of nitrogens with one attached hydrogen (secondary N) is 1. The van der Waals surface area contributed by atoms with Crippen molar-refractivity contribution in [3.8, 4) is 0 Å². The van der Waals surface area contributed by atoms with Crippen LogP contribution in [-0.4, -0.2) is 43.2 Å². The van der Waals surface area contributed by atoms with E-state index in [0.717, 1.165) is 31.5 Å². The summed E-state index contributed by atoms with van der Waals surface area (Å²) in [6.45, 7) is 3.76. The normalized spacial score (nSPS) is 10.7. The number of carbonyl (C=O) groups is 1. The summed E-state index contributed by atoms with van der Waals surface area (Å²) in [6.07, 6.45) is 2.14. The topological polar surface area (TPSA) is 52.6 Å². The van der Waals surface area contributed by atoms with E-state index < -0.39 is 5.97 Å². The molecule has 1 rings (SSSR count). The zero-order valence-corrected chi connectivity index (χ0v) is 11.4. The number of rotatable bonds is 7. The van der Waals surface area contributed by atoms with Crippen molar-refractivity contribution in [1.82, 2.24) is 4.90 Å². The van der Waals surface area contributed by atoms with Gasteiger partial charge in [0, 0.05) is 12.2 Å². The second-order valence-corrected chi connectivity index (χ2v) is 4.79. The molecule has 0 amide bonds. The predicted octanol–water partition coefficient (Wildman–Crippen LogP) is 2.45. The summed E-state index contributed by atoms with van der Waals surface area (Å²) in [5, 5.41) is 12.3. The minimum atomic E-state index is -0.880. The summed E-state index contributed by atoms with van der Waals surface area (Å²) >= 11 is 0. The van der Waals surface area contributed by atoms with Gasteiger partial charge in [0.15, 0.2) is 0 Å². The number of carboxylic acids is 1. The Balaban J connectivity index is 2.49. The van der Waals surface area contributed by atoms with E-state index in [1.807, 2.05) is 19.1 Å². The van der Waals surface area contributed by atoms with E-state index in [4.69, 9.17) is 5.11 Å². The molecule has 1 aromatic carbocycles. The van der Waals surface area contributed by atoms with Gasteiger partial charge in [0.05, 0.1) is 5.56 Å². The monoisotopic (exact) mass is 250 g/mol.